The third-order valence-corrected chi connectivity index (χ3v) is 6.18. The Morgan fingerprint density at radius 3 is 2.48 bits per heavy atom. The fraction of sp³-hybridized carbons (Fsp3) is 0.304. The summed E-state index contributed by atoms with van der Waals surface area (Å²) < 4.78 is 0. The third kappa shape index (κ3) is 6.05. The van der Waals surface area contributed by atoms with Crippen LogP contribution < -0.4 is 5.32 Å². The van der Waals surface area contributed by atoms with Crippen molar-refractivity contribution in [2.75, 3.05) is 5.32 Å². The highest BCUT2D eigenvalue weighted by atomic mass is 35.5. The van der Waals surface area contributed by atoms with Gasteiger partial charge in [0.25, 0.3) is 0 Å². The smallest absolute Gasteiger partial charge is 0.233 e. The Morgan fingerprint density at radius 2 is 1.83 bits per heavy atom. The summed E-state index contributed by atoms with van der Waals surface area (Å²) >= 11 is 13.7. The number of benzene rings is 2. The van der Waals surface area contributed by atoms with E-state index >= 15 is 0 Å². The molecule has 6 heteroatoms. The summed E-state index contributed by atoms with van der Waals surface area (Å²) in [6.07, 6.45) is 3.47. The van der Waals surface area contributed by atoms with Crippen LogP contribution in [0.15, 0.2) is 48.7 Å². The van der Waals surface area contributed by atoms with E-state index in [9.17, 15) is 4.79 Å². The Kier molecular flexibility index (Phi) is 7.33. The second-order valence-corrected chi connectivity index (χ2v) is 9.55. The molecule has 0 saturated carbocycles. The molecular formula is C23H24Cl2N2OS. The average Bonchev–Trinajstić information content (AvgIpc) is 3.10. The molecule has 3 rings (SSSR count). The summed E-state index contributed by atoms with van der Waals surface area (Å²) in [6.45, 7) is 6.31. The van der Waals surface area contributed by atoms with Crippen molar-refractivity contribution in [3.05, 3.63) is 80.3 Å². The van der Waals surface area contributed by atoms with Crippen molar-refractivity contribution in [1.29, 1.82) is 0 Å². The first-order valence-corrected chi connectivity index (χ1v) is 11.2. The Hall–Kier alpha value is -1.88. The van der Waals surface area contributed by atoms with Crippen LogP contribution in [0.2, 0.25) is 10.0 Å². The van der Waals surface area contributed by atoms with Crippen LogP contribution in [0.4, 0.5) is 5.13 Å². The molecule has 152 valence electrons. The first-order chi connectivity index (χ1) is 13.8. The molecule has 0 bridgehead atoms. The lowest BCUT2D eigenvalue weighted by atomic mass is 9.96. The monoisotopic (exact) mass is 446 g/mol. The van der Waals surface area contributed by atoms with Gasteiger partial charge in [0.15, 0.2) is 5.13 Å². The molecule has 1 heterocycles. The van der Waals surface area contributed by atoms with E-state index in [1.807, 2.05) is 31.2 Å². The maximum atomic E-state index is 12.7. The fourth-order valence-electron chi connectivity index (χ4n) is 3.08. The van der Waals surface area contributed by atoms with E-state index in [4.69, 9.17) is 23.2 Å². The van der Waals surface area contributed by atoms with Gasteiger partial charge < -0.3 is 5.32 Å². The zero-order valence-electron chi connectivity index (χ0n) is 16.7. The lowest BCUT2D eigenvalue weighted by Crippen LogP contribution is -2.18. The van der Waals surface area contributed by atoms with Crippen LogP contribution in [-0.2, 0) is 17.6 Å². The van der Waals surface area contributed by atoms with Crippen LogP contribution in [0.3, 0.4) is 0 Å². The molecule has 0 spiro atoms. The highest BCUT2D eigenvalue weighted by Crippen LogP contribution is 2.27. The molecule has 3 nitrogen and oxygen atoms in total. The standard InChI is InChI=1S/C23H24Cl2N2OS/c1-14(2)10-16-4-6-17(7-5-16)15(3)22(28)27-23-26-13-20(29-23)11-18-8-9-19(24)12-21(18)25/h4-9,12-15H,10-11H2,1-3H3,(H,26,27,28). The number of amides is 1. The fourth-order valence-corrected chi connectivity index (χ4v) is 4.39. The van der Waals surface area contributed by atoms with Gasteiger partial charge >= 0.3 is 0 Å². The van der Waals surface area contributed by atoms with Crippen LogP contribution in [-0.4, -0.2) is 10.9 Å². The number of hydrogen-bond acceptors (Lipinski definition) is 3. The molecule has 2 aromatic carbocycles. The third-order valence-electron chi connectivity index (χ3n) is 4.68. The van der Waals surface area contributed by atoms with Crippen molar-refractivity contribution in [3.8, 4) is 0 Å². The minimum Gasteiger partial charge on any atom is -0.301 e. The second-order valence-electron chi connectivity index (χ2n) is 7.59. The van der Waals surface area contributed by atoms with Crippen LogP contribution in [0, 0.1) is 5.92 Å². The zero-order valence-corrected chi connectivity index (χ0v) is 19.0. The molecule has 0 aliphatic heterocycles. The van der Waals surface area contributed by atoms with Crippen LogP contribution in [0.5, 0.6) is 0 Å². The largest absolute Gasteiger partial charge is 0.301 e. The summed E-state index contributed by atoms with van der Waals surface area (Å²) in [5.41, 5.74) is 3.27. The number of nitrogens with zero attached hydrogens (tertiary/aromatic N) is 1. The van der Waals surface area contributed by atoms with E-state index in [2.05, 4.69) is 36.3 Å². The predicted molar refractivity (Wildman–Crippen MR) is 123 cm³/mol. The minimum absolute atomic E-state index is 0.0629. The van der Waals surface area contributed by atoms with E-state index in [1.165, 1.54) is 16.9 Å². The Bertz CT molecular complexity index is 983. The number of hydrogen-bond donors (Lipinski definition) is 1. The highest BCUT2D eigenvalue weighted by Gasteiger charge is 2.17. The van der Waals surface area contributed by atoms with Crippen LogP contribution in [0.25, 0.3) is 0 Å². The Morgan fingerprint density at radius 1 is 1.10 bits per heavy atom. The molecule has 1 unspecified atom stereocenters. The van der Waals surface area contributed by atoms with Gasteiger partial charge in [-0.1, -0.05) is 67.4 Å². The van der Waals surface area contributed by atoms with Gasteiger partial charge in [-0.05, 0) is 48.1 Å². The molecule has 1 amide bonds. The predicted octanol–water partition coefficient (Wildman–Crippen LogP) is 6.98. The van der Waals surface area contributed by atoms with Gasteiger partial charge in [-0.15, -0.1) is 11.3 Å². The first-order valence-electron chi connectivity index (χ1n) is 9.60. The van der Waals surface area contributed by atoms with E-state index < -0.39 is 0 Å². The van der Waals surface area contributed by atoms with Crippen LogP contribution in [0.1, 0.15) is 48.3 Å². The molecular weight excluding hydrogens is 423 g/mol. The number of carbonyl (C=O) groups is 1. The summed E-state index contributed by atoms with van der Waals surface area (Å²) in [5.74, 6) is 0.302. The molecule has 0 fully saturated rings. The van der Waals surface area contributed by atoms with Crippen molar-refractivity contribution in [3.63, 3.8) is 0 Å². The van der Waals surface area contributed by atoms with Crippen molar-refractivity contribution < 1.29 is 4.79 Å². The number of nitrogens with one attached hydrogen (secondary N) is 1. The average molecular weight is 447 g/mol. The molecule has 1 N–H and O–H groups in total. The van der Waals surface area contributed by atoms with E-state index in [0.717, 1.165) is 22.4 Å². The molecule has 0 aliphatic carbocycles. The van der Waals surface area contributed by atoms with Gasteiger partial charge in [0.2, 0.25) is 5.91 Å². The number of halogens is 2. The van der Waals surface area contributed by atoms with Gasteiger partial charge in [0, 0.05) is 27.5 Å². The molecule has 1 atom stereocenters. The Labute approximate surface area is 186 Å². The van der Waals surface area contributed by atoms with Crippen molar-refractivity contribution in [2.45, 2.75) is 39.5 Å². The van der Waals surface area contributed by atoms with Gasteiger partial charge in [-0.25, -0.2) is 4.98 Å². The van der Waals surface area contributed by atoms with Gasteiger partial charge in [-0.3, -0.25) is 4.79 Å². The van der Waals surface area contributed by atoms with Crippen LogP contribution >= 0.6 is 34.5 Å². The number of rotatable bonds is 7. The minimum atomic E-state index is -0.249. The molecule has 3 aromatic rings. The van der Waals surface area contributed by atoms with Gasteiger partial charge in [0.1, 0.15) is 0 Å². The van der Waals surface area contributed by atoms with Crippen molar-refractivity contribution in [1.82, 2.24) is 4.98 Å². The summed E-state index contributed by atoms with van der Waals surface area (Å²) in [5, 5.41) is 4.77. The maximum Gasteiger partial charge on any atom is 0.233 e. The van der Waals surface area contributed by atoms with Crippen molar-refractivity contribution in [2.24, 2.45) is 5.92 Å². The number of aromatic nitrogens is 1. The normalized spacial score (nSPS) is 12.2. The molecule has 1 aromatic heterocycles. The van der Waals surface area contributed by atoms with E-state index in [1.54, 1.807) is 12.3 Å². The second kappa shape index (κ2) is 9.75. The number of anilines is 1. The van der Waals surface area contributed by atoms with E-state index in [0.29, 0.717) is 27.5 Å². The lowest BCUT2D eigenvalue weighted by molar-refractivity contribution is -0.117. The van der Waals surface area contributed by atoms with Crippen molar-refractivity contribution >= 4 is 45.6 Å². The van der Waals surface area contributed by atoms with Gasteiger partial charge in [0.05, 0.1) is 5.92 Å². The Balaban J connectivity index is 1.62. The van der Waals surface area contributed by atoms with Gasteiger partial charge in [-0.2, -0.15) is 0 Å². The summed E-state index contributed by atoms with van der Waals surface area (Å²) in [6, 6.07) is 13.8. The summed E-state index contributed by atoms with van der Waals surface area (Å²) in [7, 11) is 0. The highest BCUT2D eigenvalue weighted by molar-refractivity contribution is 7.15. The quantitative estimate of drug-likeness (QED) is 0.425. The zero-order chi connectivity index (χ0) is 21.0. The number of carbonyl (C=O) groups excluding carboxylic acids is 1. The number of thiazole rings is 1. The topological polar surface area (TPSA) is 42.0 Å². The van der Waals surface area contributed by atoms with E-state index in [-0.39, 0.29) is 11.8 Å². The molecule has 0 aliphatic rings. The lowest BCUT2D eigenvalue weighted by Gasteiger charge is -2.12. The summed E-state index contributed by atoms with van der Waals surface area (Å²) in [4.78, 5) is 18.0. The maximum absolute atomic E-state index is 12.7. The molecule has 0 saturated heterocycles. The molecule has 0 radical (unpaired) electrons. The SMILES string of the molecule is CC(C)Cc1ccc(C(C)C(=O)Nc2ncc(Cc3ccc(Cl)cc3Cl)s2)cc1. The molecule has 29 heavy (non-hydrogen) atoms. The first kappa shape index (κ1) is 21.8.